The normalized spacial score (nSPS) is 18.6. The number of piperidine rings is 1. The second kappa shape index (κ2) is 6.53. The topological polar surface area (TPSA) is 79.5 Å². The lowest BCUT2D eigenvalue weighted by molar-refractivity contribution is -0.122. The van der Waals surface area contributed by atoms with Gasteiger partial charge in [0.25, 0.3) is 0 Å². The number of aromatic nitrogens is 1. The van der Waals surface area contributed by atoms with Crippen LogP contribution in [-0.2, 0) is 11.3 Å². The highest BCUT2D eigenvalue weighted by molar-refractivity contribution is 6.06. The Morgan fingerprint density at radius 1 is 0.929 bits per heavy atom. The summed E-state index contributed by atoms with van der Waals surface area (Å²) in [5, 5.41) is 6.52. The summed E-state index contributed by atoms with van der Waals surface area (Å²) in [6, 6.07) is 15.3. The highest BCUT2D eigenvalue weighted by atomic mass is 16.4. The Balaban J connectivity index is 1.26. The standard InChI is InChI=1S/C21H22N4O3/c26-19-21(23-16-6-2-1-5-15(16)22-19)9-11-24(12-10-21)13-14-25-17-7-3-4-8-18(17)28-20(25)27/h1-8,23H,9-14H2,(H,22,26). The van der Waals surface area contributed by atoms with Crippen LogP contribution in [0.4, 0.5) is 11.4 Å². The molecule has 0 saturated carbocycles. The summed E-state index contributed by atoms with van der Waals surface area (Å²) >= 11 is 0. The molecule has 0 aliphatic carbocycles. The fraction of sp³-hybridized carbons (Fsp3) is 0.333. The quantitative estimate of drug-likeness (QED) is 0.732. The predicted molar refractivity (Wildman–Crippen MR) is 108 cm³/mol. The van der Waals surface area contributed by atoms with Crippen molar-refractivity contribution < 1.29 is 9.21 Å². The van der Waals surface area contributed by atoms with Crippen molar-refractivity contribution in [3.05, 3.63) is 59.1 Å². The van der Waals surface area contributed by atoms with Crippen molar-refractivity contribution in [1.29, 1.82) is 0 Å². The minimum atomic E-state index is -0.552. The molecule has 0 radical (unpaired) electrons. The van der Waals surface area contributed by atoms with Crippen LogP contribution in [0.1, 0.15) is 12.8 Å². The maximum atomic E-state index is 12.7. The van der Waals surface area contributed by atoms with Crippen LogP contribution < -0.4 is 16.4 Å². The number of rotatable bonds is 3. The van der Waals surface area contributed by atoms with Crippen LogP contribution in [0.2, 0.25) is 0 Å². The number of para-hydroxylation sites is 4. The summed E-state index contributed by atoms with van der Waals surface area (Å²) in [7, 11) is 0. The molecule has 2 aliphatic heterocycles. The molecule has 1 spiro atoms. The van der Waals surface area contributed by atoms with Crippen molar-refractivity contribution in [1.82, 2.24) is 9.47 Å². The third-order valence-electron chi connectivity index (χ3n) is 5.91. The Labute approximate surface area is 161 Å². The first-order valence-corrected chi connectivity index (χ1v) is 9.64. The van der Waals surface area contributed by atoms with Crippen molar-refractivity contribution in [3.63, 3.8) is 0 Å². The summed E-state index contributed by atoms with van der Waals surface area (Å²) < 4.78 is 6.98. The Kier molecular flexibility index (Phi) is 3.98. The molecule has 2 aliphatic rings. The lowest BCUT2D eigenvalue weighted by Gasteiger charge is -2.44. The van der Waals surface area contributed by atoms with Gasteiger partial charge in [0, 0.05) is 26.2 Å². The Bertz CT molecular complexity index is 1090. The molecule has 2 N–H and O–H groups in total. The van der Waals surface area contributed by atoms with Crippen LogP contribution in [0.5, 0.6) is 0 Å². The monoisotopic (exact) mass is 378 g/mol. The second-order valence-corrected chi connectivity index (χ2v) is 7.54. The molecule has 3 heterocycles. The first-order valence-electron chi connectivity index (χ1n) is 9.64. The number of amides is 1. The van der Waals surface area contributed by atoms with Crippen LogP contribution in [0, 0.1) is 0 Å². The van der Waals surface area contributed by atoms with Gasteiger partial charge < -0.3 is 20.0 Å². The van der Waals surface area contributed by atoms with E-state index in [2.05, 4.69) is 15.5 Å². The molecule has 1 aromatic heterocycles. The van der Waals surface area contributed by atoms with Crippen molar-refractivity contribution in [2.45, 2.75) is 24.9 Å². The fourth-order valence-corrected chi connectivity index (χ4v) is 4.24. The van der Waals surface area contributed by atoms with Crippen molar-refractivity contribution in [3.8, 4) is 0 Å². The lowest BCUT2D eigenvalue weighted by atomic mass is 9.84. The van der Waals surface area contributed by atoms with E-state index in [0.717, 1.165) is 49.4 Å². The summed E-state index contributed by atoms with van der Waals surface area (Å²) in [4.78, 5) is 27.2. The summed E-state index contributed by atoms with van der Waals surface area (Å²) in [5.41, 5.74) is 2.71. The molecule has 1 saturated heterocycles. The van der Waals surface area contributed by atoms with Crippen LogP contribution in [-0.4, -0.2) is 40.5 Å². The largest absolute Gasteiger partial charge is 0.419 e. The Hall–Kier alpha value is -3.06. The predicted octanol–water partition coefficient (Wildman–Crippen LogP) is 2.49. The molecule has 144 valence electrons. The van der Waals surface area contributed by atoms with Gasteiger partial charge in [-0.25, -0.2) is 4.79 Å². The number of anilines is 2. The number of nitrogens with zero attached hydrogens (tertiary/aromatic N) is 2. The SMILES string of the molecule is O=C1Nc2ccccc2NC12CCN(CCn1c(=O)oc3ccccc31)CC2. The molecule has 0 bridgehead atoms. The van der Waals surface area contributed by atoms with Crippen molar-refractivity contribution in [2.24, 2.45) is 0 Å². The third kappa shape index (κ3) is 2.79. The molecule has 0 unspecified atom stereocenters. The van der Waals surface area contributed by atoms with Gasteiger partial charge >= 0.3 is 5.76 Å². The van der Waals surface area contributed by atoms with Gasteiger partial charge in [-0.1, -0.05) is 24.3 Å². The Morgan fingerprint density at radius 3 is 2.46 bits per heavy atom. The van der Waals surface area contributed by atoms with Gasteiger partial charge in [-0.3, -0.25) is 9.36 Å². The molecular weight excluding hydrogens is 356 g/mol. The Morgan fingerprint density at radius 2 is 1.64 bits per heavy atom. The summed E-state index contributed by atoms with van der Waals surface area (Å²) in [6.07, 6.45) is 1.46. The zero-order valence-electron chi connectivity index (χ0n) is 15.5. The molecule has 1 fully saturated rings. The smallest absolute Gasteiger partial charge is 0.408 e. The second-order valence-electron chi connectivity index (χ2n) is 7.54. The van der Waals surface area contributed by atoms with Crippen LogP contribution in [0.15, 0.2) is 57.7 Å². The van der Waals surface area contributed by atoms with E-state index in [-0.39, 0.29) is 11.7 Å². The highest BCUT2D eigenvalue weighted by Gasteiger charge is 2.44. The molecule has 28 heavy (non-hydrogen) atoms. The zero-order chi connectivity index (χ0) is 19.1. The van der Waals surface area contributed by atoms with E-state index < -0.39 is 5.54 Å². The number of nitrogens with one attached hydrogen (secondary N) is 2. The van der Waals surface area contributed by atoms with Crippen LogP contribution >= 0.6 is 0 Å². The van der Waals surface area contributed by atoms with Crippen molar-refractivity contribution >= 4 is 28.4 Å². The zero-order valence-corrected chi connectivity index (χ0v) is 15.5. The number of carbonyl (C=O) groups is 1. The van der Waals surface area contributed by atoms with E-state index >= 15 is 0 Å². The van der Waals surface area contributed by atoms with Crippen LogP contribution in [0.3, 0.4) is 0 Å². The summed E-state index contributed by atoms with van der Waals surface area (Å²) in [6.45, 7) is 2.92. The first kappa shape index (κ1) is 17.1. The molecule has 7 heteroatoms. The number of benzene rings is 2. The molecule has 1 amide bonds. The van der Waals surface area contributed by atoms with E-state index in [9.17, 15) is 9.59 Å². The highest BCUT2D eigenvalue weighted by Crippen LogP contribution is 2.36. The van der Waals surface area contributed by atoms with Gasteiger partial charge in [-0.05, 0) is 37.1 Å². The van der Waals surface area contributed by atoms with E-state index in [1.165, 1.54) is 0 Å². The van der Waals surface area contributed by atoms with Gasteiger partial charge in [0.1, 0.15) is 5.54 Å². The fourth-order valence-electron chi connectivity index (χ4n) is 4.24. The molecular formula is C21H22N4O3. The number of carbonyl (C=O) groups excluding carboxylic acids is 1. The number of fused-ring (bicyclic) bond motifs is 2. The summed E-state index contributed by atoms with van der Waals surface area (Å²) in [5.74, 6) is -0.275. The number of likely N-dealkylation sites (tertiary alicyclic amines) is 1. The first-order chi connectivity index (χ1) is 13.6. The van der Waals surface area contributed by atoms with Gasteiger partial charge in [-0.2, -0.15) is 0 Å². The maximum Gasteiger partial charge on any atom is 0.419 e. The molecule has 2 aromatic carbocycles. The number of oxazole rings is 1. The minimum Gasteiger partial charge on any atom is -0.408 e. The van der Waals surface area contributed by atoms with Crippen molar-refractivity contribution in [2.75, 3.05) is 30.3 Å². The van der Waals surface area contributed by atoms with E-state index in [0.29, 0.717) is 12.1 Å². The lowest BCUT2D eigenvalue weighted by Crippen LogP contribution is -2.58. The minimum absolute atomic E-state index is 0.0444. The van der Waals surface area contributed by atoms with Gasteiger partial charge in [0.15, 0.2) is 5.58 Å². The van der Waals surface area contributed by atoms with E-state index in [1.807, 2.05) is 48.5 Å². The van der Waals surface area contributed by atoms with Crippen LogP contribution in [0.25, 0.3) is 11.1 Å². The number of hydrogen-bond acceptors (Lipinski definition) is 5. The average molecular weight is 378 g/mol. The van der Waals surface area contributed by atoms with E-state index in [4.69, 9.17) is 4.42 Å². The molecule has 3 aromatic rings. The van der Waals surface area contributed by atoms with Gasteiger partial charge in [0.05, 0.1) is 16.9 Å². The van der Waals surface area contributed by atoms with E-state index in [1.54, 1.807) is 4.57 Å². The average Bonchev–Trinajstić information content (AvgIpc) is 3.03. The third-order valence-corrected chi connectivity index (χ3v) is 5.91. The molecule has 7 nitrogen and oxygen atoms in total. The maximum absolute atomic E-state index is 12.7. The molecule has 5 rings (SSSR count). The number of hydrogen-bond donors (Lipinski definition) is 2. The van der Waals surface area contributed by atoms with Gasteiger partial charge in [-0.15, -0.1) is 0 Å². The van der Waals surface area contributed by atoms with Gasteiger partial charge in [0.2, 0.25) is 5.91 Å². The molecule has 0 atom stereocenters.